The highest BCUT2D eigenvalue weighted by atomic mass is 32.2. The lowest BCUT2D eigenvalue weighted by Gasteiger charge is -2.37. The molecule has 2 aromatic carbocycles. The summed E-state index contributed by atoms with van der Waals surface area (Å²) in [7, 11) is 0. The molecule has 0 bridgehead atoms. The fourth-order valence-electron chi connectivity index (χ4n) is 3.45. The van der Waals surface area contributed by atoms with Gasteiger partial charge in [-0.15, -0.1) is 11.8 Å². The number of halogens is 1. The largest absolute Gasteiger partial charge is 0.481 e. The van der Waals surface area contributed by atoms with Crippen LogP contribution in [-0.2, 0) is 4.79 Å². The van der Waals surface area contributed by atoms with Gasteiger partial charge in [-0.3, -0.25) is 9.69 Å². The van der Waals surface area contributed by atoms with Crippen LogP contribution in [0.25, 0.3) is 0 Å². The van der Waals surface area contributed by atoms with Crippen LogP contribution in [0.1, 0.15) is 30.0 Å². The maximum Gasteiger partial charge on any atom is 0.306 e. The summed E-state index contributed by atoms with van der Waals surface area (Å²) in [5, 5.41) is 9.22. The second kappa shape index (κ2) is 8.02. The molecule has 0 radical (unpaired) electrons. The predicted octanol–water partition coefficient (Wildman–Crippen LogP) is 4.43. The number of hydrogen-bond acceptors (Lipinski definition) is 3. The Hall–Kier alpha value is -1.85. The number of aliphatic carboxylic acids is 1. The maximum atomic E-state index is 13.4. The summed E-state index contributed by atoms with van der Waals surface area (Å²) in [4.78, 5) is 14.7. The molecule has 5 heteroatoms. The van der Waals surface area contributed by atoms with Gasteiger partial charge in [-0.2, -0.15) is 0 Å². The minimum absolute atomic E-state index is 0.0197. The Morgan fingerprint density at radius 1 is 1.08 bits per heavy atom. The first-order valence-corrected chi connectivity index (χ1v) is 9.67. The Labute approximate surface area is 151 Å². The maximum absolute atomic E-state index is 13.4. The summed E-state index contributed by atoms with van der Waals surface area (Å²) in [6, 6.07) is 15.1. The number of benzene rings is 2. The Bertz CT molecular complexity index is 709. The van der Waals surface area contributed by atoms with Gasteiger partial charge in [-0.25, -0.2) is 4.39 Å². The summed E-state index contributed by atoms with van der Waals surface area (Å²) < 4.78 is 13.4. The van der Waals surface area contributed by atoms with Crippen LogP contribution in [0.4, 0.5) is 4.39 Å². The standard InChI is InChI=1S/C20H22FNO2S/c1-25-18-8-4-15(5-9-18)19(14-2-6-17(21)7-3-14)22-12-10-16(11-13-22)20(23)24/h2-9,16,19H,10-13H2,1H3,(H,23,24). The van der Waals surface area contributed by atoms with E-state index >= 15 is 0 Å². The van der Waals surface area contributed by atoms with Crippen LogP contribution < -0.4 is 0 Å². The van der Waals surface area contributed by atoms with Crippen LogP contribution in [-0.4, -0.2) is 35.3 Å². The predicted molar refractivity (Wildman–Crippen MR) is 98.4 cm³/mol. The molecule has 1 saturated heterocycles. The van der Waals surface area contributed by atoms with Crippen LogP contribution in [0.15, 0.2) is 53.4 Å². The van der Waals surface area contributed by atoms with E-state index in [4.69, 9.17) is 0 Å². The molecule has 2 aromatic rings. The second-order valence-corrected chi connectivity index (χ2v) is 7.26. The smallest absolute Gasteiger partial charge is 0.306 e. The molecule has 1 aliphatic heterocycles. The van der Waals surface area contributed by atoms with Crippen molar-refractivity contribution in [2.24, 2.45) is 5.92 Å². The van der Waals surface area contributed by atoms with Crippen molar-refractivity contribution in [3.05, 3.63) is 65.5 Å². The summed E-state index contributed by atoms with van der Waals surface area (Å²) in [6.45, 7) is 1.45. The molecule has 25 heavy (non-hydrogen) atoms. The fraction of sp³-hybridized carbons (Fsp3) is 0.350. The van der Waals surface area contributed by atoms with Crippen LogP contribution in [0, 0.1) is 11.7 Å². The lowest BCUT2D eigenvalue weighted by Crippen LogP contribution is -2.39. The Morgan fingerprint density at radius 2 is 1.60 bits per heavy atom. The van der Waals surface area contributed by atoms with Crippen LogP contribution >= 0.6 is 11.8 Å². The van der Waals surface area contributed by atoms with E-state index in [1.165, 1.54) is 17.0 Å². The number of thioether (sulfide) groups is 1. The highest BCUT2D eigenvalue weighted by Crippen LogP contribution is 2.33. The highest BCUT2D eigenvalue weighted by Gasteiger charge is 2.30. The first-order chi connectivity index (χ1) is 12.1. The molecule has 1 heterocycles. The minimum atomic E-state index is -0.706. The molecule has 0 aromatic heterocycles. The van der Waals surface area contributed by atoms with Gasteiger partial charge in [0, 0.05) is 4.90 Å². The van der Waals surface area contributed by atoms with Crippen molar-refractivity contribution < 1.29 is 14.3 Å². The van der Waals surface area contributed by atoms with E-state index in [1.807, 2.05) is 18.4 Å². The zero-order valence-corrected chi connectivity index (χ0v) is 15.0. The quantitative estimate of drug-likeness (QED) is 0.802. The molecule has 0 aliphatic carbocycles. The number of carboxylic acids is 1. The van der Waals surface area contributed by atoms with Crippen molar-refractivity contribution in [1.29, 1.82) is 0 Å². The van der Waals surface area contributed by atoms with Gasteiger partial charge in [0.15, 0.2) is 0 Å². The molecule has 1 aliphatic rings. The van der Waals surface area contributed by atoms with Crippen molar-refractivity contribution in [3.63, 3.8) is 0 Å². The highest BCUT2D eigenvalue weighted by molar-refractivity contribution is 7.98. The lowest BCUT2D eigenvalue weighted by molar-refractivity contribution is -0.143. The third-order valence-electron chi connectivity index (χ3n) is 4.86. The van der Waals surface area contributed by atoms with Gasteiger partial charge in [-0.05, 0) is 67.6 Å². The third kappa shape index (κ3) is 4.22. The SMILES string of the molecule is CSc1ccc(C(c2ccc(F)cc2)N2CCC(C(=O)O)CC2)cc1. The van der Waals surface area contributed by atoms with Gasteiger partial charge in [-0.1, -0.05) is 24.3 Å². The summed E-state index contributed by atoms with van der Waals surface area (Å²) in [5.74, 6) is -1.21. The number of nitrogens with zero attached hydrogens (tertiary/aromatic N) is 1. The van der Waals surface area contributed by atoms with Crippen molar-refractivity contribution in [2.45, 2.75) is 23.8 Å². The molecule has 1 atom stereocenters. The molecular weight excluding hydrogens is 337 g/mol. The molecular formula is C20H22FNO2S. The zero-order valence-electron chi connectivity index (χ0n) is 14.2. The van der Waals surface area contributed by atoms with Gasteiger partial charge >= 0.3 is 5.97 Å². The lowest BCUT2D eigenvalue weighted by atomic mass is 9.91. The third-order valence-corrected chi connectivity index (χ3v) is 5.60. The van der Waals surface area contributed by atoms with E-state index < -0.39 is 5.97 Å². The number of piperidine rings is 1. The van der Waals surface area contributed by atoms with Gasteiger partial charge < -0.3 is 5.11 Å². The molecule has 0 amide bonds. The zero-order chi connectivity index (χ0) is 17.8. The van der Waals surface area contributed by atoms with Crippen LogP contribution in [0.3, 0.4) is 0 Å². The van der Waals surface area contributed by atoms with Crippen molar-refractivity contribution in [2.75, 3.05) is 19.3 Å². The van der Waals surface area contributed by atoms with E-state index in [2.05, 4.69) is 29.2 Å². The average molecular weight is 359 g/mol. The first kappa shape index (κ1) is 18.0. The number of likely N-dealkylation sites (tertiary alicyclic amines) is 1. The molecule has 3 nitrogen and oxygen atoms in total. The molecule has 0 saturated carbocycles. The average Bonchev–Trinajstić information content (AvgIpc) is 2.64. The van der Waals surface area contributed by atoms with Crippen LogP contribution in [0.2, 0.25) is 0 Å². The molecule has 1 N–H and O–H groups in total. The van der Waals surface area contributed by atoms with E-state index in [0.29, 0.717) is 12.8 Å². The molecule has 1 unspecified atom stereocenters. The van der Waals surface area contributed by atoms with Crippen molar-refractivity contribution >= 4 is 17.7 Å². The molecule has 0 spiro atoms. The topological polar surface area (TPSA) is 40.5 Å². The fourth-order valence-corrected chi connectivity index (χ4v) is 3.86. The van der Waals surface area contributed by atoms with E-state index in [9.17, 15) is 14.3 Å². The van der Waals surface area contributed by atoms with E-state index in [1.54, 1.807) is 11.8 Å². The first-order valence-electron chi connectivity index (χ1n) is 8.44. The Morgan fingerprint density at radius 3 is 2.08 bits per heavy atom. The summed E-state index contributed by atoms with van der Waals surface area (Å²) >= 11 is 1.70. The second-order valence-electron chi connectivity index (χ2n) is 6.38. The number of carbonyl (C=O) groups is 1. The molecule has 132 valence electrons. The minimum Gasteiger partial charge on any atom is -0.481 e. The Balaban J connectivity index is 1.89. The van der Waals surface area contributed by atoms with Gasteiger partial charge in [0.05, 0.1) is 12.0 Å². The van der Waals surface area contributed by atoms with Crippen molar-refractivity contribution in [3.8, 4) is 0 Å². The van der Waals surface area contributed by atoms with Gasteiger partial charge in [0.2, 0.25) is 0 Å². The summed E-state index contributed by atoms with van der Waals surface area (Å²) in [6.07, 6.45) is 3.34. The number of rotatable bonds is 5. The molecule has 1 fully saturated rings. The van der Waals surface area contributed by atoms with Crippen molar-refractivity contribution in [1.82, 2.24) is 4.90 Å². The van der Waals surface area contributed by atoms with Gasteiger partial charge in [0.1, 0.15) is 5.82 Å². The summed E-state index contributed by atoms with van der Waals surface area (Å²) in [5.41, 5.74) is 2.19. The Kier molecular flexibility index (Phi) is 5.76. The van der Waals surface area contributed by atoms with E-state index in [0.717, 1.165) is 24.2 Å². The van der Waals surface area contributed by atoms with Crippen LogP contribution in [0.5, 0.6) is 0 Å². The molecule has 3 rings (SSSR count). The number of carboxylic acid groups (broad SMARTS) is 1. The normalized spacial score (nSPS) is 17.4. The van der Waals surface area contributed by atoms with Gasteiger partial charge in [0.25, 0.3) is 0 Å². The monoisotopic (exact) mass is 359 g/mol. The number of hydrogen-bond donors (Lipinski definition) is 1. The van der Waals surface area contributed by atoms with E-state index in [-0.39, 0.29) is 17.8 Å².